The molecule has 0 unspecified atom stereocenters. The maximum Gasteiger partial charge on any atom is 0.417 e. The molecule has 25 heavy (non-hydrogen) atoms. The van der Waals surface area contributed by atoms with Gasteiger partial charge in [-0.1, -0.05) is 23.8 Å². The average Bonchev–Trinajstić information content (AvgIpc) is 3.20. The second-order valence-corrected chi connectivity index (χ2v) is 6.45. The van der Waals surface area contributed by atoms with Crippen LogP contribution >= 0.6 is 11.6 Å². The van der Waals surface area contributed by atoms with E-state index < -0.39 is 47.6 Å². The van der Waals surface area contributed by atoms with Crippen molar-refractivity contribution in [2.24, 2.45) is 11.8 Å². The Hall–Kier alpha value is -2.13. The number of amides is 2. The molecule has 2 amide bonds. The van der Waals surface area contributed by atoms with Gasteiger partial charge in [0.2, 0.25) is 0 Å². The molecular formula is C15H11ClF3N3O3. The number of hydrogen-bond donors (Lipinski definition) is 0. The molecule has 10 heteroatoms. The molecule has 1 aromatic heterocycles. The Bertz CT molecular complexity index is 783. The number of ether oxygens (including phenoxy) is 1. The highest BCUT2D eigenvalue weighted by Crippen LogP contribution is 2.46. The van der Waals surface area contributed by atoms with E-state index in [1.807, 2.05) is 0 Å². The summed E-state index contributed by atoms with van der Waals surface area (Å²) >= 11 is 5.90. The van der Waals surface area contributed by atoms with Crippen LogP contribution in [-0.4, -0.2) is 41.1 Å². The zero-order chi connectivity index (χ0) is 18.1. The Morgan fingerprint density at radius 2 is 1.76 bits per heavy atom. The Labute approximate surface area is 144 Å². The standard InChI is InChI=1S/C15H11ClF3N3O3/c1-21(12-7(16)4-6(5-20-12)15(17,18)19)22-13(23)10-8-2-3-9(25-8)11(10)14(22)24/h2-5,8-11H,1H3/t8-,9+,10-,11+. The fourth-order valence-electron chi connectivity index (χ4n) is 3.50. The highest BCUT2D eigenvalue weighted by molar-refractivity contribution is 6.33. The third kappa shape index (κ3) is 2.26. The number of anilines is 1. The van der Waals surface area contributed by atoms with Gasteiger partial charge in [-0.2, -0.15) is 18.2 Å². The largest absolute Gasteiger partial charge is 0.417 e. The first kappa shape index (κ1) is 16.3. The normalized spacial score (nSPS) is 30.4. The van der Waals surface area contributed by atoms with Gasteiger partial charge in [-0.25, -0.2) is 4.98 Å². The smallest absolute Gasteiger partial charge is 0.365 e. The number of imide groups is 1. The maximum absolute atomic E-state index is 12.7. The van der Waals surface area contributed by atoms with Gasteiger partial charge in [0.1, 0.15) is 0 Å². The van der Waals surface area contributed by atoms with Crippen molar-refractivity contribution in [1.82, 2.24) is 9.99 Å². The van der Waals surface area contributed by atoms with Crippen molar-refractivity contribution < 1.29 is 27.5 Å². The van der Waals surface area contributed by atoms with Crippen LogP contribution in [0.3, 0.4) is 0 Å². The van der Waals surface area contributed by atoms with Gasteiger partial charge in [-0.3, -0.25) is 14.6 Å². The molecule has 0 radical (unpaired) electrons. The molecule has 132 valence electrons. The SMILES string of the molecule is CN(c1ncc(C(F)(F)F)cc1Cl)N1C(=O)[C@@H]2[C@H](C1=O)[C@H]1C=C[C@@H]2O1. The van der Waals surface area contributed by atoms with Gasteiger partial charge >= 0.3 is 6.18 Å². The van der Waals surface area contributed by atoms with Crippen molar-refractivity contribution in [2.75, 3.05) is 12.1 Å². The molecular weight excluding hydrogens is 363 g/mol. The van der Waals surface area contributed by atoms with Gasteiger partial charge in [-0.15, -0.1) is 0 Å². The van der Waals surface area contributed by atoms with E-state index in [0.29, 0.717) is 12.3 Å². The number of halogens is 4. The number of aromatic nitrogens is 1. The first-order chi connectivity index (χ1) is 11.7. The van der Waals surface area contributed by atoms with Crippen LogP contribution in [0.25, 0.3) is 0 Å². The van der Waals surface area contributed by atoms with E-state index in [1.165, 1.54) is 7.05 Å². The van der Waals surface area contributed by atoms with Crippen LogP contribution in [0.2, 0.25) is 5.02 Å². The van der Waals surface area contributed by atoms with Gasteiger partial charge in [0.05, 0.1) is 34.6 Å². The van der Waals surface area contributed by atoms with E-state index in [4.69, 9.17) is 16.3 Å². The quantitative estimate of drug-likeness (QED) is 0.586. The molecule has 4 heterocycles. The Kier molecular flexibility index (Phi) is 3.39. The monoisotopic (exact) mass is 373 g/mol. The van der Waals surface area contributed by atoms with Gasteiger partial charge in [0.25, 0.3) is 11.8 Å². The van der Waals surface area contributed by atoms with E-state index >= 15 is 0 Å². The summed E-state index contributed by atoms with van der Waals surface area (Å²) in [5.41, 5.74) is -1.01. The number of hydrogen-bond acceptors (Lipinski definition) is 5. The zero-order valence-electron chi connectivity index (χ0n) is 12.7. The summed E-state index contributed by atoms with van der Waals surface area (Å²) in [7, 11) is 1.36. The first-order valence-corrected chi connectivity index (χ1v) is 7.76. The Morgan fingerprint density at radius 3 is 2.24 bits per heavy atom. The lowest BCUT2D eigenvalue weighted by atomic mass is 9.85. The lowest BCUT2D eigenvalue weighted by Gasteiger charge is -2.29. The molecule has 4 rings (SSSR count). The summed E-state index contributed by atoms with van der Waals surface area (Å²) in [6.45, 7) is 0. The van der Waals surface area contributed by atoms with Crippen LogP contribution in [0.5, 0.6) is 0 Å². The minimum absolute atomic E-state index is 0.113. The summed E-state index contributed by atoms with van der Waals surface area (Å²) in [6, 6.07) is 0.709. The summed E-state index contributed by atoms with van der Waals surface area (Å²) in [5.74, 6) is -2.33. The molecule has 1 aromatic rings. The molecule has 2 bridgehead atoms. The minimum atomic E-state index is -4.59. The van der Waals surface area contributed by atoms with E-state index in [2.05, 4.69) is 4.98 Å². The summed E-state index contributed by atoms with van der Waals surface area (Å²) in [6.07, 6.45) is -1.42. The van der Waals surface area contributed by atoms with Crippen molar-refractivity contribution in [3.05, 3.63) is 35.0 Å². The van der Waals surface area contributed by atoms with E-state index in [9.17, 15) is 22.8 Å². The molecule has 0 N–H and O–H groups in total. The van der Waals surface area contributed by atoms with Crippen molar-refractivity contribution in [3.63, 3.8) is 0 Å². The van der Waals surface area contributed by atoms with Crippen LogP contribution in [0.15, 0.2) is 24.4 Å². The fraction of sp³-hybridized carbons (Fsp3) is 0.400. The summed E-state index contributed by atoms with van der Waals surface area (Å²) in [5, 5.41) is 1.66. The molecule has 3 aliphatic rings. The third-order valence-corrected chi connectivity index (χ3v) is 4.92. The molecule has 0 spiro atoms. The van der Waals surface area contributed by atoms with Crippen LogP contribution in [0.1, 0.15) is 5.56 Å². The molecule has 0 aromatic carbocycles. The molecule has 4 atom stereocenters. The van der Waals surface area contributed by atoms with Crippen LogP contribution in [-0.2, 0) is 20.5 Å². The van der Waals surface area contributed by atoms with Crippen molar-refractivity contribution in [3.8, 4) is 0 Å². The zero-order valence-corrected chi connectivity index (χ0v) is 13.5. The molecule has 0 aliphatic carbocycles. The number of nitrogens with zero attached hydrogens (tertiary/aromatic N) is 3. The van der Waals surface area contributed by atoms with Gasteiger partial charge in [0, 0.05) is 13.2 Å². The van der Waals surface area contributed by atoms with Crippen molar-refractivity contribution in [1.29, 1.82) is 0 Å². The highest BCUT2D eigenvalue weighted by atomic mass is 35.5. The third-order valence-electron chi connectivity index (χ3n) is 4.64. The van der Waals surface area contributed by atoms with E-state index in [0.717, 1.165) is 10.0 Å². The Morgan fingerprint density at radius 1 is 1.20 bits per heavy atom. The number of hydrazine groups is 1. The number of carbonyl (C=O) groups excluding carboxylic acids is 2. The minimum Gasteiger partial charge on any atom is -0.365 e. The second kappa shape index (κ2) is 5.18. The molecule has 3 aliphatic heterocycles. The number of rotatable bonds is 2. The summed E-state index contributed by atoms with van der Waals surface area (Å²) < 4.78 is 43.7. The predicted octanol–water partition coefficient (Wildman–Crippen LogP) is 2.04. The first-order valence-electron chi connectivity index (χ1n) is 7.38. The van der Waals surface area contributed by atoms with E-state index in [1.54, 1.807) is 12.2 Å². The van der Waals surface area contributed by atoms with Gasteiger partial charge in [0.15, 0.2) is 5.82 Å². The predicted molar refractivity (Wildman–Crippen MR) is 79.3 cm³/mol. The lowest BCUT2D eigenvalue weighted by molar-refractivity contribution is -0.143. The van der Waals surface area contributed by atoms with Gasteiger partial charge < -0.3 is 4.74 Å². The summed E-state index contributed by atoms with van der Waals surface area (Å²) in [4.78, 5) is 29.0. The number of pyridine rings is 1. The van der Waals surface area contributed by atoms with Crippen LogP contribution in [0, 0.1) is 11.8 Å². The Balaban J connectivity index is 1.65. The maximum atomic E-state index is 12.7. The topological polar surface area (TPSA) is 62.7 Å². The molecule has 6 nitrogen and oxygen atoms in total. The lowest BCUT2D eigenvalue weighted by Crippen LogP contribution is -2.46. The van der Waals surface area contributed by atoms with Crippen LogP contribution < -0.4 is 5.01 Å². The van der Waals surface area contributed by atoms with Gasteiger partial charge in [-0.05, 0) is 6.07 Å². The van der Waals surface area contributed by atoms with Crippen molar-refractivity contribution >= 4 is 29.2 Å². The number of carbonyl (C=O) groups is 2. The average molecular weight is 374 g/mol. The highest BCUT2D eigenvalue weighted by Gasteiger charge is 2.62. The second-order valence-electron chi connectivity index (χ2n) is 6.04. The van der Waals surface area contributed by atoms with E-state index in [-0.39, 0.29) is 10.8 Å². The molecule has 2 saturated heterocycles. The molecule has 2 fully saturated rings. The van der Waals surface area contributed by atoms with Crippen molar-refractivity contribution in [2.45, 2.75) is 18.4 Å². The fourth-order valence-corrected chi connectivity index (χ4v) is 3.79. The molecule has 0 saturated carbocycles. The van der Waals surface area contributed by atoms with Crippen LogP contribution in [0.4, 0.5) is 19.0 Å². The number of fused-ring (bicyclic) bond motifs is 5. The number of alkyl halides is 3.